The van der Waals surface area contributed by atoms with Gasteiger partial charge >= 0.3 is 17.8 Å². The monoisotopic (exact) mass is 319 g/mol. The molecule has 122 valence electrons. The van der Waals surface area contributed by atoms with Gasteiger partial charge in [0.25, 0.3) is 0 Å². The van der Waals surface area contributed by atoms with Crippen molar-refractivity contribution in [2.75, 3.05) is 20.2 Å². The number of nitrogens with one attached hydrogen (secondary N) is 1. The van der Waals surface area contributed by atoms with Crippen molar-refractivity contribution in [2.24, 2.45) is 0 Å². The van der Waals surface area contributed by atoms with E-state index in [0.29, 0.717) is 10.6 Å². The van der Waals surface area contributed by atoms with Gasteiger partial charge in [-0.05, 0) is 24.6 Å². The van der Waals surface area contributed by atoms with Crippen LogP contribution in [0.3, 0.4) is 0 Å². The molecule has 23 heavy (non-hydrogen) atoms. The molecule has 0 unspecified atom stereocenters. The second-order valence-corrected chi connectivity index (χ2v) is 4.85. The van der Waals surface area contributed by atoms with Gasteiger partial charge in [0, 0.05) is 13.1 Å². The molecule has 5 amide bonds. The van der Waals surface area contributed by atoms with E-state index in [-0.39, 0.29) is 13.1 Å². The van der Waals surface area contributed by atoms with E-state index in [1.54, 1.807) is 38.3 Å². The van der Waals surface area contributed by atoms with Crippen molar-refractivity contribution < 1.29 is 23.9 Å². The molecule has 0 bridgehead atoms. The molecule has 1 aliphatic heterocycles. The minimum Gasteiger partial charge on any atom is -0.497 e. The lowest BCUT2D eigenvalue weighted by atomic mass is 10.2. The first kappa shape index (κ1) is 16.5. The maximum absolute atomic E-state index is 11.9. The molecular weight excluding hydrogens is 302 g/mol. The number of rotatable bonds is 6. The second-order valence-electron chi connectivity index (χ2n) is 4.85. The molecule has 2 rings (SSSR count). The van der Waals surface area contributed by atoms with Crippen LogP contribution in [0.2, 0.25) is 0 Å². The maximum atomic E-state index is 11.9. The zero-order valence-corrected chi connectivity index (χ0v) is 12.9. The number of imide groups is 2. The van der Waals surface area contributed by atoms with Crippen molar-refractivity contribution in [2.45, 2.75) is 13.5 Å². The minimum absolute atomic E-state index is 0.0886. The molecule has 1 heterocycles. The number of carbonyl (C=O) groups excluding carboxylic acids is 4. The predicted molar refractivity (Wildman–Crippen MR) is 79.3 cm³/mol. The van der Waals surface area contributed by atoms with E-state index in [2.05, 4.69) is 5.32 Å². The van der Waals surface area contributed by atoms with Crippen LogP contribution in [0.1, 0.15) is 12.5 Å². The van der Waals surface area contributed by atoms with E-state index in [4.69, 9.17) is 4.74 Å². The van der Waals surface area contributed by atoms with E-state index in [9.17, 15) is 19.2 Å². The van der Waals surface area contributed by atoms with Gasteiger partial charge in [-0.2, -0.15) is 0 Å². The third-order valence-corrected chi connectivity index (χ3v) is 3.38. The third kappa shape index (κ3) is 3.47. The highest BCUT2D eigenvalue weighted by Crippen LogP contribution is 2.13. The fourth-order valence-electron chi connectivity index (χ4n) is 2.15. The molecule has 1 fully saturated rings. The second kappa shape index (κ2) is 6.91. The molecule has 0 radical (unpaired) electrons. The minimum atomic E-state index is -0.978. The predicted octanol–water partition coefficient (Wildman–Crippen LogP) is 0.122. The van der Waals surface area contributed by atoms with Crippen LogP contribution < -0.4 is 10.1 Å². The zero-order valence-electron chi connectivity index (χ0n) is 12.9. The molecule has 1 aliphatic rings. The average Bonchev–Trinajstić information content (AvgIpc) is 2.76. The molecule has 1 aromatic carbocycles. The van der Waals surface area contributed by atoms with Crippen LogP contribution in [0.5, 0.6) is 5.75 Å². The highest BCUT2D eigenvalue weighted by Gasteiger charge is 2.44. The van der Waals surface area contributed by atoms with E-state index in [1.807, 2.05) is 0 Å². The number of amides is 5. The van der Waals surface area contributed by atoms with Gasteiger partial charge in [-0.15, -0.1) is 0 Å². The van der Waals surface area contributed by atoms with Crippen LogP contribution in [0.4, 0.5) is 4.79 Å². The van der Waals surface area contributed by atoms with Gasteiger partial charge < -0.3 is 10.1 Å². The molecule has 8 nitrogen and oxygen atoms in total. The molecule has 8 heteroatoms. The third-order valence-electron chi connectivity index (χ3n) is 3.38. The summed E-state index contributed by atoms with van der Waals surface area (Å²) in [6, 6.07) is 6.36. The van der Waals surface area contributed by atoms with Gasteiger partial charge in [-0.3, -0.25) is 19.3 Å². The summed E-state index contributed by atoms with van der Waals surface area (Å²) in [5, 5.41) is 2.60. The highest BCUT2D eigenvalue weighted by molar-refractivity contribution is 6.45. The van der Waals surface area contributed by atoms with Crippen molar-refractivity contribution >= 4 is 23.8 Å². The number of methoxy groups -OCH3 is 1. The van der Waals surface area contributed by atoms with Crippen molar-refractivity contribution in [3.05, 3.63) is 29.8 Å². The smallest absolute Gasteiger partial charge is 0.334 e. The van der Waals surface area contributed by atoms with Crippen LogP contribution in [0.15, 0.2) is 24.3 Å². The lowest BCUT2D eigenvalue weighted by Gasteiger charge is -2.14. The quantitative estimate of drug-likeness (QED) is 0.593. The largest absolute Gasteiger partial charge is 0.497 e. The molecule has 0 aliphatic carbocycles. The number of nitrogens with zero attached hydrogens (tertiary/aromatic N) is 2. The Kier molecular flexibility index (Phi) is 4.95. The van der Waals surface area contributed by atoms with Gasteiger partial charge in [-0.1, -0.05) is 12.1 Å². The van der Waals surface area contributed by atoms with Crippen molar-refractivity contribution in [3.63, 3.8) is 0 Å². The van der Waals surface area contributed by atoms with Crippen molar-refractivity contribution in [3.8, 4) is 5.75 Å². The standard InChI is InChI=1S/C15H17N3O5/c1-3-17-13(20)14(21)18(15(17)22)9-12(19)16-8-10-5-4-6-11(7-10)23-2/h4-7H,3,8-9H2,1-2H3,(H,16,19). The summed E-state index contributed by atoms with van der Waals surface area (Å²) in [5.41, 5.74) is 0.808. The number of hydrogen-bond acceptors (Lipinski definition) is 5. The van der Waals surface area contributed by atoms with Crippen LogP contribution in [0.25, 0.3) is 0 Å². The number of hydrogen-bond donors (Lipinski definition) is 1. The van der Waals surface area contributed by atoms with Crippen molar-refractivity contribution in [1.29, 1.82) is 0 Å². The van der Waals surface area contributed by atoms with Crippen LogP contribution >= 0.6 is 0 Å². The van der Waals surface area contributed by atoms with E-state index >= 15 is 0 Å². The molecule has 0 aromatic heterocycles. The number of urea groups is 1. The molecule has 0 atom stereocenters. The first-order valence-electron chi connectivity index (χ1n) is 7.04. The lowest BCUT2D eigenvalue weighted by Crippen LogP contribution is -2.41. The van der Waals surface area contributed by atoms with E-state index in [0.717, 1.165) is 10.5 Å². The Morgan fingerprint density at radius 3 is 2.48 bits per heavy atom. The Labute approximate surface area is 133 Å². The molecule has 1 N–H and O–H groups in total. The molecule has 0 spiro atoms. The average molecular weight is 319 g/mol. The van der Waals surface area contributed by atoms with Crippen LogP contribution in [-0.2, 0) is 20.9 Å². The Morgan fingerprint density at radius 2 is 1.87 bits per heavy atom. The van der Waals surface area contributed by atoms with E-state index in [1.165, 1.54) is 0 Å². The van der Waals surface area contributed by atoms with Gasteiger partial charge in [0.1, 0.15) is 12.3 Å². The maximum Gasteiger partial charge on any atom is 0.334 e. The van der Waals surface area contributed by atoms with Gasteiger partial charge in [0.05, 0.1) is 7.11 Å². The summed E-state index contributed by atoms with van der Waals surface area (Å²) in [5.74, 6) is -1.75. The Balaban J connectivity index is 1.93. The number of benzene rings is 1. The molecule has 1 aromatic rings. The van der Waals surface area contributed by atoms with Crippen molar-refractivity contribution in [1.82, 2.24) is 15.1 Å². The van der Waals surface area contributed by atoms with Gasteiger partial charge in [0.2, 0.25) is 5.91 Å². The number of ether oxygens (including phenoxy) is 1. The summed E-state index contributed by atoms with van der Waals surface area (Å²) in [7, 11) is 1.54. The lowest BCUT2D eigenvalue weighted by molar-refractivity contribution is -0.143. The number of likely N-dealkylation sites (N-methyl/N-ethyl adjacent to an activating group) is 1. The SMILES string of the molecule is CCN1C(=O)C(=O)N(CC(=O)NCc2cccc(OC)c2)C1=O. The van der Waals surface area contributed by atoms with E-state index < -0.39 is 30.3 Å². The fourth-order valence-corrected chi connectivity index (χ4v) is 2.15. The summed E-state index contributed by atoms with van der Waals surface area (Å²) in [6.45, 7) is 1.41. The summed E-state index contributed by atoms with van der Waals surface area (Å²) < 4.78 is 5.08. The summed E-state index contributed by atoms with van der Waals surface area (Å²) in [6.07, 6.45) is 0. The highest BCUT2D eigenvalue weighted by atomic mass is 16.5. The summed E-state index contributed by atoms with van der Waals surface area (Å²) >= 11 is 0. The molecule has 1 saturated heterocycles. The van der Waals surface area contributed by atoms with Crippen LogP contribution in [-0.4, -0.2) is 53.8 Å². The Bertz CT molecular complexity index is 658. The topological polar surface area (TPSA) is 96.0 Å². The Hall–Kier alpha value is -2.90. The molecule has 0 saturated carbocycles. The normalized spacial score (nSPS) is 14.4. The zero-order chi connectivity index (χ0) is 17.0. The Morgan fingerprint density at radius 1 is 1.17 bits per heavy atom. The van der Waals surface area contributed by atoms with Gasteiger partial charge in [0.15, 0.2) is 0 Å². The summed E-state index contributed by atoms with van der Waals surface area (Å²) in [4.78, 5) is 48.5. The first-order chi connectivity index (χ1) is 11.0. The van der Waals surface area contributed by atoms with Crippen LogP contribution in [0, 0.1) is 0 Å². The number of carbonyl (C=O) groups is 4. The fraction of sp³-hybridized carbons (Fsp3) is 0.333. The molecular formula is C15H17N3O5. The first-order valence-corrected chi connectivity index (χ1v) is 7.04. The van der Waals surface area contributed by atoms with Gasteiger partial charge in [-0.25, -0.2) is 9.69 Å².